The average molecular weight is 270 g/mol. The zero-order valence-corrected chi connectivity index (χ0v) is 10.0. The molecule has 7 nitrogen and oxygen atoms in total. The van der Waals surface area contributed by atoms with Crippen molar-refractivity contribution in [2.75, 3.05) is 0 Å². The summed E-state index contributed by atoms with van der Waals surface area (Å²) in [6, 6.07) is 3.94. The molecule has 1 heterocycles. The van der Waals surface area contributed by atoms with Crippen molar-refractivity contribution in [1.29, 1.82) is 0 Å². The molecule has 0 saturated heterocycles. The summed E-state index contributed by atoms with van der Waals surface area (Å²) in [6.45, 7) is 1.72. The fourth-order valence-corrected chi connectivity index (χ4v) is 1.49. The van der Waals surface area contributed by atoms with Crippen LogP contribution in [0.5, 0.6) is 5.75 Å². The van der Waals surface area contributed by atoms with Crippen LogP contribution < -0.4 is 4.74 Å². The van der Waals surface area contributed by atoms with Crippen molar-refractivity contribution < 1.29 is 14.1 Å². The molecule has 0 aliphatic heterocycles. The van der Waals surface area contributed by atoms with Crippen LogP contribution in [0.4, 0.5) is 5.69 Å². The molecule has 0 aliphatic rings. The SMILES string of the molecule is Cc1nnc(COc2ccc([N+](=O)[O-])cc2Cl)o1. The Hall–Kier alpha value is -2.15. The molecule has 0 saturated carbocycles. The molecular weight excluding hydrogens is 262 g/mol. The van der Waals surface area contributed by atoms with Crippen LogP contribution in [-0.4, -0.2) is 15.1 Å². The van der Waals surface area contributed by atoms with Crippen LogP contribution in [0.2, 0.25) is 5.02 Å². The number of hydrogen-bond acceptors (Lipinski definition) is 6. The van der Waals surface area contributed by atoms with Crippen LogP contribution in [0.1, 0.15) is 11.8 Å². The molecule has 0 N–H and O–H groups in total. The first-order valence-corrected chi connectivity index (χ1v) is 5.30. The van der Waals surface area contributed by atoms with Gasteiger partial charge in [-0.3, -0.25) is 10.1 Å². The van der Waals surface area contributed by atoms with Gasteiger partial charge >= 0.3 is 0 Å². The number of nitro groups is 1. The summed E-state index contributed by atoms with van der Waals surface area (Å²) in [4.78, 5) is 9.99. The summed E-state index contributed by atoms with van der Waals surface area (Å²) in [5, 5.41) is 18.1. The van der Waals surface area contributed by atoms with E-state index in [2.05, 4.69) is 10.2 Å². The summed E-state index contributed by atoms with van der Waals surface area (Å²) in [6.07, 6.45) is 0. The van der Waals surface area contributed by atoms with Gasteiger partial charge in [0.2, 0.25) is 5.89 Å². The molecule has 0 aliphatic carbocycles. The Morgan fingerprint density at radius 3 is 2.83 bits per heavy atom. The zero-order chi connectivity index (χ0) is 13.1. The molecule has 0 atom stereocenters. The largest absolute Gasteiger partial charge is 0.482 e. The van der Waals surface area contributed by atoms with Crippen molar-refractivity contribution in [3.63, 3.8) is 0 Å². The van der Waals surface area contributed by atoms with Gasteiger partial charge in [0.25, 0.3) is 11.6 Å². The van der Waals surface area contributed by atoms with Gasteiger partial charge in [-0.05, 0) is 6.07 Å². The van der Waals surface area contributed by atoms with E-state index in [1.165, 1.54) is 18.2 Å². The normalized spacial score (nSPS) is 10.3. The molecule has 0 spiro atoms. The molecule has 2 rings (SSSR count). The molecule has 8 heteroatoms. The third-order valence-electron chi connectivity index (χ3n) is 2.05. The third-order valence-corrected chi connectivity index (χ3v) is 2.34. The topological polar surface area (TPSA) is 91.3 Å². The molecule has 1 aromatic carbocycles. The molecule has 1 aromatic heterocycles. The number of rotatable bonds is 4. The van der Waals surface area contributed by atoms with E-state index in [-0.39, 0.29) is 17.3 Å². The maximum atomic E-state index is 10.5. The number of ether oxygens (including phenoxy) is 1. The highest BCUT2D eigenvalue weighted by molar-refractivity contribution is 6.32. The number of benzene rings is 1. The Labute approximate surface area is 106 Å². The van der Waals surface area contributed by atoms with Gasteiger partial charge < -0.3 is 9.15 Å². The lowest BCUT2D eigenvalue weighted by atomic mass is 10.3. The van der Waals surface area contributed by atoms with E-state index in [1.807, 2.05) is 0 Å². The first-order valence-electron chi connectivity index (χ1n) is 4.92. The summed E-state index contributed by atoms with van der Waals surface area (Å²) in [5.74, 6) is 1.06. The zero-order valence-electron chi connectivity index (χ0n) is 9.29. The Balaban J connectivity index is 2.08. The summed E-state index contributed by atoms with van der Waals surface area (Å²) in [7, 11) is 0. The second kappa shape index (κ2) is 5.01. The quantitative estimate of drug-likeness (QED) is 0.625. The van der Waals surface area contributed by atoms with Crippen molar-refractivity contribution in [3.8, 4) is 5.75 Å². The molecular formula is C10H8ClN3O4. The predicted molar refractivity (Wildman–Crippen MR) is 61.5 cm³/mol. The molecule has 0 unspecified atom stereocenters. The highest BCUT2D eigenvalue weighted by Crippen LogP contribution is 2.29. The maximum Gasteiger partial charge on any atom is 0.271 e. The first-order chi connectivity index (χ1) is 8.56. The standard InChI is InChI=1S/C10H8ClN3O4/c1-6-12-13-10(18-6)5-17-9-3-2-7(14(15)16)4-8(9)11/h2-4H,5H2,1H3. The minimum atomic E-state index is -0.531. The van der Waals surface area contributed by atoms with Crippen molar-refractivity contribution in [1.82, 2.24) is 10.2 Å². The van der Waals surface area contributed by atoms with Gasteiger partial charge in [0.15, 0.2) is 6.61 Å². The lowest BCUT2D eigenvalue weighted by molar-refractivity contribution is -0.384. The van der Waals surface area contributed by atoms with Gasteiger partial charge in [-0.15, -0.1) is 10.2 Å². The van der Waals surface area contributed by atoms with Gasteiger partial charge in [0, 0.05) is 19.1 Å². The van der Waals surface area contributed by atoms with Crippen molar-refractivity contribution in [2.45, 2.75) is 13.5 Å². The first kappa shape index (κ1) is 12.3. The van der Waals surface area contributed by atoms with E-state index in [1.54, 1.807) is 6.92 Å². The van der Waals surface area contributed by atoms with Crippen molar-refractivity contribution >= 4 is 17.3 Å². The monoisotopic (exact) mass is 269 g/mol. The minimum Gasteiger partial charge on any atom is -0.482 e. The third kappa shape index (κ3) is 2.75. The molecule has 2 aromatic rings. The van der Waals surface area contributed by atoms with E-state index in [9.17, 15) is 10.1 Å². The Kier molecular flexibility index (Phi) is 3.42. The Morgan fingerprint density at radius 2 is 2.28 bits per heavy atom. The van der Waals surface area contributed by atoms with Crippen LogP contribution >= 0.6 is 11.6 Å². The minimum absolute atomic E-state index is 0.0539. The number of aryl methyl sites for hydroxylation is 1. The smallest absolute Gasteiger partial charge is 0.271 e. The van der Waals surface area contributed by atoms with Crippen LogP contribution in [0.15, 0.2) is 22.6 Å². The van der Waals surface area contributed by atoms with Crippen LogP contribution in [-0.2, 0) is 6.61 Å². The second-order valence-corrected chi connectivity index (χ2v) is 3.78. The van der Waals surface area contributed by atoms with E-state index < -0.39 is 4.92 Å². The number of nitro benzene ring substituents is 1. The van der Waals surface area contributed by atoms with Gasteiger partial charge in [0.05, 0.1) is 9.95 Å². The lowest BCUT2D eigenvalue weighted by Gasteiger charge is -2.04. The molecule has 18 heavy (non-hydrogen) atoms. The van der Waals surface area contributed by atoms with E-state index in [4.69, 9.17) is 20.8 Å². The highest BCUT2D eigenvalue weighted by Gasteiger charge is 2.11. The van der Waals surface area contributed by atoms with Crippen LogP contribution in [0.25, 0.3) is 0 Å². The summed E-state index contributed by atoms with van der Waals surface area (Å²) < 4.78 is 10.4. The van der Waals surface area contributed by atoms with Crippen LogP contribution in [0.3, 0.4) is 0 Å². The van der Waals surface area contributed by atoms with Gasteiger partial charge in [-0.1, -0.05) is 11.6 Å². The fraction of sp³-hybridized carbons (Fsp3) is 0.200. The number of nitrogens with zero attached hydrogens (tertiary/aromatic N) is 3. The predicted octanol–water partition coefficient (Wildman–Crippen LogP) is 2.52. The van der Waals surface area contributed by atoms with E-state index in [0.29, 0.717) is 17.5 Å². The summed E-state index contributed by atoms with van der Waals surface area (Å²) in [5.41, 5.74) is -0.0963. The fourth-order valence-electron chi connectivity index (χ4n) is 1.26. The molecule has 94 valence electrons. The average Bonchev–Trinajstić information content (AvgIpc) is 2.73. The second-order valence-electron chi connectivity index (χ2n) is 3.38. The van der Waals surface area contributed by atoms with Gasteiger partial charge in [0.1, 0.15) is 5.75 Å². The Morgan fingerprint density at radius 1 is 1.50 bits per heavy atom. The number of aromatic nitrogens is 2. The highest BCUT2D eigenvalue weighted by atomic mass is 35.5. The van der Waals surface area contributed by atoms with Crippen molar-refractivity contribution in [2.24, 2.45) is 0 Å². The van der Waals surface area contributed by atoms with E-state index >= 15 is 0 Å². The molecule has 0 radical (unpaired) electrons. The van der Waals surface area contributed by atoms with Gasteiger partial charge in [-0.2, -0.15) is 0 Å². The number of halogens is 1. The van der Waals surface area contributed by atoms with E-state index in [0.717, 1.165) is 0 Å². The Bertz CT molecular complexity index is 584. The van der Waals surface area contributed by atoms with Gasteiger partial charge in [-0.25, -0.2) is 0 Å². The number of non-ortho nitro benzene ring substituents is 1. The molecule has 0 fully saturated rings. The number of hydrogen-bond donors (Lipinski definition) is 0. The molecule has 0 bridgehead atoms. The summed E-state index contributed by atoms with van der Waals surface area (Å²) >= 11 is 5.85. The van der Waals surface area contributed by atoms with Crippen LogP contribution in [0, 0.1) is 17.0 Å². The lowest BCUT2D eigenvalue weighted by Crippen LogP contribution is -1.97. The maximum absolute atomic E-state index is 10.5. The van der Waals surface area contributed by atoms with Crippen molar-refractivity contribution in [3.05, 3.63) is 45.1 Å². The molecule has 0 amide bonds.